The third-order valence-corrected chi connectivity index (χ3v) is 16.9. The number of fused-ring (bicyclic) bond motifs is 1. The Morgan fingerprint density at radius 1 is 0.506 bits per heavy atom. The van der Waals surface area contributed by atoms with Crippen molar-refractivity contribution < 1.29 is 23.8 Å². The molecule has 0 aromatic carbocycles. The molecule has 5 atom stereocenters. The van der Waals surface area contributed by atoms with Gasteiger partial charge >= 0.3 is 11.9 Å². The summed E-state index contributed by atoms with van der Waals surface area (Å²) in [4.78, 5) is 25.7. The normalized spacial score (nSPS) is 23.9. The number of carbonyl (C=O) groups excluding carboxylic acids is 2. The highest BCUT2D eigenvalue weighted by molar-refractivity contribution is 5.70. The van der Waals surface area contributed by atoms with Crippen LogP contribution in [-0.4, -0.2) is 35.3 Å². The third kappa shape index (κ3) is 26.9. The van der Waals surface area contributed by atoms with Crippen LogP contribution in [0.3, 0.4) is 0 Å². The number of unbranched alkanes of at least 4 members (excludes halogenated alkanes) is 24. The number of hydrogen-bond acceptors (Lipinski definition) is 5. The minimum atomic E-state index is -0.357. The number of epoxide rings is 1. The molecular weight excluding hydrogens is 945 g/mol. The average Bonchev–Trinajstić information content (AvgIpc) is 4.00. The molecule has 3 aliphatic rings. The van der Waals surface area contributed by atoms with Gasteiger partial charge in [0.25, 0.3) is 0 Å². The first-order valence-electron chi connectivity index (χ1n) is 31.7. The zero-order valence-corrected chi connectivity index (χ0v) is 51.9. The zero-order chi connectivity index (χ0) is 56.4. The van der Waals surface area contributed by atoms with Crippen LogP contribution in [0.1, 0.15) is 282 Å². The zero-order valence-electron chi connectivity index (χ0n) is 51.9. The largest absolute Gasteiger partial charge is 0.462 e. The van der Waals surface area contributed by atoms with E-state index >= 15 is 0 Å². The molecule has 434 valence electrons. The molecule has 2 aliphatic carbocycles. The quantitative estimate of drug-likeness (QED) is 0.0201. The summed E-state index contributed by atoms with van der Waals surface area (Å²) < 4.78 is 18.6. The van der Waals surface area contributed by atoms with E-state index in [0.717, 1.165) is 50.5 Å². The van der Waals surface area contributed by atoms with Crippen molar-refractivity contribution in [2.75, 3.05) is 0 Å². The van der Waals surface area contributed by atoms with Gasteiger partial charge in [0.05, 0.1) is 0 Å². The van der Waals surface area contributed by atoms with E-state index in [1.54, 1.807) is 0 Å². The molecule has 0 amide bonds. The van der Waals surface area contributed by atoms with Crippen molar-refractivity contribution in [3.63, 3.8) is 0 Å². The van der Waals surface area contributed by atoms with Gasteiger partial charge in [-0.2, -0.15) is 0 Å². The lowest BCUT2D eigenvalue weighted by atomic mass is 9.63. The van der Waals surface area contributed by atoms with E-state index in [4.69, 9.17) is 14.2 Å². The van der Waals surface area contributed by atoms with E-state index in [2.05, 4.69) is 174 Å². The second-order valence-corrected chi connectivity index (χ2v) is 25.5. The van der Waals surface area contributed by atoms with Gasteiger partial charge in [-0.3, -0.25) is 9.59 Å². The van der Waals surface area contributed by atoms with Crippen molar-refractivity contribution in [1.29, 1.82) is 0 Å². The van der Waals surface area contributed by atoms with Crippen molar-refractivity contribution in [3.05, 3.63) is 119 Å². The highest BCUT2D eigenvalue weighted by atomic mass is 16.6. The standard InChI is InChI=1S/C72H116O5/c1-13-15-17-19-21-23-25-27-29-31-33-35-37-49-67(73)75-64-55-63(7)66(69(8,9)56-64)52-51-61(5)47-41-45-59(3)43-39-40-44-60(4)46-42-48-62(6)53-54-72-70(10,11)57-65(58-71(72,12)77-72)76-68(74)50-38-36-34-32-30-28-26-24-22-20-18-16-14-2/h39-48,51-55,64-66H,13-38,49-50,56-58H2,1-12H3/b40-39+,45-41+,46-42+,52-51+,54-53+,59-43+,60-44+,61-47+,62-48+. The summed E-state index contributed by atoms with van der Waals surface area (Å²) in [5.41, 5.74) is 5.13. The maximum absolute atomic E-state index is 12.9. The van der Waals surface area contributed by atoms with Crippen LogP contribution in [0.15, 0.2) is 119 Å². The van der Waals surface area contributed by atoms with Crippen LogP contribution in [0.5, 0.6) is 0 Å². The van der Waals surface area contributed by atoms with E-state index in [1.807, 2.05) is 0 Å². The van der Waals surface area contributed by atoms with Crippen molar-refractivity contribution in [3.8, 4) is 0 Å². The van der Waals surface area contributed by atoms with Gasteiger partial charge < -0.3 is 14.2 Å². The highest BCUT2D eigenvalue weighted by Crippen LogP contribution is 2.66. The highest BCUT2D eigenvalue weighted by Gasteiger charge is 2.75. The molecule has 2 fully saturated rings. The van der Waals surface area contributed by atoms with Crippen LogP contribution in [0.25, 0.3) is 0 Å². The predicted octanol–water partition coefficient (Wildman–Crippen LogP) is 21.7. The van der Waals surface area contributed by atoms with Crippen LogP contribution < -0.4 is 0 Å². The Morgan fingerprint density at radius 3 is 1.32 bits per heavy atom. The lowest BCUT2D eigenvalue weighted by molar-refractivity contribution is -0.153. The summed E-state index contributed by atoms with van der Waals surface area (Å²) in [6.45, 7) is 26.6. The molecule has 5 nitrogen and oxygen atoms in total. The monoisotopic (exact) mass is 1060 g/mol. The number of hydrogen-bond donors (Lipinski definition) is 0. The first-order chi connectivity index (χ1) is 36.9. The van der Waals surface area contributed by atoms with Gasteiger partial charge in [0.15, 0.2) is 0 Å². The Morgan fingerprint density at radius 2 is 0.896 bits per heavy atom. The van der Waals surface area contributed by atoms with Gasteiger partial charge in [-0.05, 0) is 84.8 Å². The van der Waals surface area contributed by atoms with Crippen molar-refractivity contribution in [2.45, 2.75) is 306 Å². The Labute approximate surface area is 474 Å². The molecule has 1 saturated heterocycles. The fraction of sp³-hybridized carbons (Fsp3) is 0.694. The van der Waals surface area contributed by atoms with Gasteiger partial charge in [0.1, 0.15) is 23.4 Å². The lowest BCUT2D eigenvalue weighted by Crippen LogP contribution is -2.47. The molecule has 1 heterocycles. The number of ether oxygens (including phenoxy) is 3. The second-order valence-electron chi connectivity index (χ2n) is 25.5. The molecule has 0 aromatic heterocycles. The second kappa shape index (κ2) is 37.3. The number of carbonyl (C=O) groups is 2. The average molecular weight is 1060 g/mol. The van der Waals surface area contributed by atoms with Crippen LogP contribution in [-0.2, 0) is 23.8 Å². The van der Waals surface area contributed by atoms with E-state index < -0.39 is 0 Å². The Balaban J connectivity index is 1.34. The topological polar surface area (TPSA) is 65.1 Å². The van der Waals surface area contributed by atoms with Crippen molar-refractivity contribution in [2.24, 2.45) is 16.7 Å². The molecule has 1 saturated carbocycles. The smallest absolute Gasteiger partial charge is 0.306 e. The van der Waals surface area contributed by atoms with Gasteiger partial charge in [-0.25, -0.2) is 0 Å². The molecule has 5 heteroatoms. The molecule has 3 rings (SSSR count). The van der Waals surface area contributed by atoms with Crippen molar-refractivity contribution >= 4 is 11.9 Å². The molecule has 1 aliphatic heterocycles. The fourth-order valence-corrected chi connectivity index (χ4v) is 12.2. The molecule has 0 bridgehead atoms. The fourth-order valence-electron chi connectivity index (χ4n) is 12.2. The van der Waals surface area contributed by atoms with Gasteiger partial charge in [-0.15, -0.1) is 0 Å². The van der Waals surface area contributed by atoms with Gasteiger partial charge in [-0.1, -0.05) is 302 Å². The summed E-state index contributed by atoms with van der Waals surface area (Å²) in [5, 5.41) is 0. The summed E-state index contributed by atoms with van der Waals surface area (Å²) in [6, 6.07) is 0. The van der Waals surface area contributed by atoms with Crippen LogP contribution in [0.4, 0.5) is 0 Å². The van der Waals surface area contributed by atoms with E-state index in [9.17, 15) is 9.59 Å². The minimum Gasteiger partial charge on any atom is -0.462 e. The Hall–Kier alpha value is -3.70. The molecule has 0 spiro atoms. The SMILES string of the molecule is CCCCCCCCCCCCCCCC(=O)OC1C=C(C)C(/C=C/C(C)=C/C=C/C(C)=C/C=C/C=C(C)/C=C/C=C(C)/C=C/C23OC2(C)CC(OC(=O)CCCCCCCCCCCCCCC)CC3(C)C)C(C)(C)C1. The van der Waals surface area contributed by atoms with E-state index in [-0.39, 0.29) is 46.2 Å². The Bertz CT molecular complexity index is 2030. The first kappa shape index (κ1) is 67.6. The number of allylic oxidation sites excluding steroid dienone is 18. The van der Waals surface area contributed by atoms with Gasteiger partial charge in [0.2, 0.25) is 0 Å². The van der Waals surface area contributed by atoms with Gasteiger partial charge in [0, 0.05) is 30.6 Å². The summed E-state index contributed by atoms with van der Waals surface area (Å²) in [5.74, 6) is 0.197. The Kier molecular flexibility index (Phi) is 32.7. The summed E-state index contributed by atoms with van der Waals surface area (Å²) in [7, 11) is 0. The summed E-state index contributed by atoms with van der Waals surface area (Å²) >= 11 is 0. The predicted molar refractivity (Wildman–Crippen MR) is 332 cm³/mol. The molecule has 5 unspecified atom stereocenters. The summed E-state index contributed by atoms with van der Waals surface area (Å²) in [6.07, 6.45) is 69.5. The third-order valence-electron chi connectivity index (χ3n) is 16.9. The number of rotatable bonds is 40. The van der Waals surface area contributed by atoms with Crippen LogP contribution in [0.2, 0.25) is 0 Å². The van der Waals surface area contributed by atoms with E-state index in [1.165, 1.54) is 164 Å². The maximum atomic E-state index is 12.9. The number of esters is 2. The van der Waals surface area contributed by atoms with Crippen LogP contribution in [0, 0.1) is 16.7 Å². The van der Waals surface area contributed by atoms with Crippen LogP contribution >= 0.6 is 0 Å². The maximum Gasteiger partial charge on any atom is 0.306 e. The molecule has 77 heavy (non-hydrogen) atoms. The lowest BCUT2D eigenvalue weighted by Gasteiger charge is -2.40. The van der Waals surface area contributed by atoms with E-state index in [0.29, 0.717) is 18.8 Å². The minimum absolute atomic E-state index is 0.00803. The molecular formula is C72H116O5. The molecule has 0 N–H and O–H groups in total. The molecule has 0 aromatic rings. The first-order valence-corrected chi connectivity index (χ1v) is 31.7. The molecule has 0 radical (unpaired) electrons. The van der Waals surface area contributed by atoms with Crippen molar-refractivity contribution in [1.82, 2.24) is 0 Å².